The van der Waals surface area contributed by atoms with Gasteiger partial charge >= 0.3 is 0 Å². The van der Waals surface area contributed by atoms with Gasteiger partial charge in [-0.2, -0.15) is 5.10 Å². The number of likely N-dealkylation sites (tertiary alicyclic amines) is 1. The summed E-state index contributed by atoms with van der Waals surface area (Å²) in [6, 6.07) is 5.96. The fourth-order valence-corrected chi connectivity index (χ4v) is 4.64. The summed E-state index contributed by atoms with van der Waals surface area (Å²) in [6.07, 6.45) is 7.65. The van der Waals surface area contributed by atoms with Crippen molar-refractivity contribution in [3.05, 3.63) is 47.2 Å². The van der Waals surface area contributed by atoms with Gasteiger partial charge in [-0.3, -0.25) is 14.4 Å². The Kier molecular flexibility index (Phi) is 5.06. The minimum atomic E-state index is -0.0611. The van der Waals surface area contributed by atoms with Gasteiger partial charge in [0, 0.05) is 25.2 Å². The lowest BCUT2D eigenvalue weighted by molar-refractivity contribution is 0.0915. The van der Waals surface area contributed by atoms with E-state index in [1.165, 1.54) is 19.3 Å². The zero-order chi connectivity index (χ0) is 20.7. The summed E-state index contributed by atoms with van der Waals surface area (Å²) >= 11 is 0. The van der Waals surface area contributed by atoms with Crippen LogP contribution in [-0.2, 0) is 7.05 Å². The van der Waals surface area contributed by atoms with Gasteiger partial charge in [-0.15, -0.1) is 0 Å². The van der Waals surface area contributed by atoms with Gasteiger partial charge in [0.1, 0.15) is 5.76 Å². The maximum absolute atomic E-state index is 13.3. The topological polar surface area (TPSA) is 76.2 Å². The molecule has 5 rings (SSSR count). The van der Waals surface area contributed by atoms with Gasteiger partial charge in [-0.05, 0) is 63.9 Å². The number of furan rings is 1. The predicted octanol–water partition coefficient (Wildman–Crippen LogP) is 3.70. The number of carbonyl (C=O) groups excluding carboxylic acids is 1. The molecule has 30 heavy (non-hydrogen) atoms. The number of carbonyl (C=O) groups is 1. The lowest BCUT2D eigenvalue weighted by atomic mass is 10.1. The zero-order valence-electron chi connectivity index (χ0n) is 17.7. The number of amides is 1. The molecular weight excluding hydrogens is 378 g/mol. The molecule has 1 amide bonds. The van der Waals surface area contributed by atoms with Gasteiger partial charge in [-0.1, -0.05) is 6.42 Å². The largest absolute Gasteiger partial charge is 0.468 e. The molecule has 158 valence electrons. The second-order valence-electron chi connectivity index (χ2n) is 8.61. The molecule has 7 heteroatoms. The fraction of sp³-hybridized carbons (Fsp3) is 0.522. The minimum absolute atomic E-state index is 0.0551. The first-order valence-electron chi connectivity index (χ1n) is 11.0. The number of piperidine rings is 1. The minimum Gasteiger partial charge on any atom is -0.468 e. The molecule has 0 bridgehead atoms. The summed E-state index contributed by atoms with van der Waals surface area (Å²) in [5.74, 6) is 1.32. The van der Waals surface area contributed by atoms with E-state index in [1.54, 1.807) is 10.9 Å². The first-order valence-corrected chi connectivity index (χ1v) is 11.0. The van der Waals surface area contributed by atoms with Crippen LogP contribution in [0.5, 0.6) is 0 Å². The van der Waals surface area contributed by atoms with Crippen molar-refractivity contribution >= 4 is 16.9 Å². The molecule has 1 unspecified atom stereocenters. The average Bonchev–Trinajstić information content (AvgIpc) is 3.40. The third-order valence-corrected chi connectivity index (χ3v) is 6.39. The Morgan fingerprint density at radius 1 is 1.30 bits per heavy atom. The third-order valence-electron chi connectivity index (χ3n) is 6.39. The summed E-state index contributed by atoms with van der Waals surface area (Å²) in [5, 5.41) is 8.56. The normalized spacial score (nSPS) is 18.6. The Hall–Kier alpha value is -2.67. The van der Waals surface area contributed by atoms with E-state index >= 15 is 0 Å². The lowest BCUT2D eigenvalue weighted by Gasteiger charge is -2.33. The molecule has 0 spiro atoms. The van der Waals surface area contributed by atoms with Crippen LogP contribution in [0.4, 0.5) is 0 Å². The van der Waals surface area contributed by atoms with Crippen LogP contribution in [-0.4, -0.2) is 45.2 Å². The van der Waals surface area contributed by atoms with E-state index < -0.39 is 0 Å². The van der Waals surface area contributed by atoms with Crippen molar-refractivity contribution in [2.75, 3.05) is 19.6 Å². The molecule has 1 saturated heterocycles. The molecule has 4 heterocycles. The molecule has 7 nitrogen and oxygen atoms in total. The number of nitrogens with one attached hydrogen (secondary N) is 1. The van der Waals surface area contributed by atoms with Crippen LogP contribution in [0.25, 0.3) is 11.0 Å². The van der Waals surface area contributed by atoms with Crippen molar-refractivity contribution < 1.29 is 9.21 Å². The number of hydrogen-bond acceptors (Lipinski definition) is 5. The quantitative estimate of drug-likeness (QED) is 0.674. The number of rotatable bonds is 6. The van der Waals surface area contributed by atoms with Crippen molar-refractivity contribution in [3.63, 3.8) is 0 Å². The van der Waals surface area contributed by atoms with Gasteiger partial charge in [0.15, 0.2) is 5.65 Å². The van der Waals surface area contributed by atoms with Crippen molar-refractivity contribution in [1.29, 1.82) is 0 Å². The molecule has 0 radical (unpaired) electrons. The molecule has 2 fully saturated rings. The van der Waals surface area contributed by atoms with Crippen LogP contribution in [0.3, 0.4) is 0 Å². The highest BCUT2D eigenvalue weighted by molar-refractivity contribution is 6.06. The molecule has 3 aromatic heterocycles. The molecule has 1 aliphatic carbocycles. The van der Waals surface area contributed by atoms with E-state index in [4.69, 9.17) is 9.40 Å². The predicted molar refractivity (Wildman–Crippen MR) is 114 cm³/mol. The highest BCUT2D eigenvalue weighted by Crippen LogP contribution is 2.40. The van der Waals surface area contributed by atoms with Crippen LogP contribution >= 0.6 is 0 Å². The summed E-state index contributed by atoms with van der Waals surface area (Å²) < 4.78 is 7.51. The molecule has 2 aliphatic rings. The van der Waals surface area contributed by atoms with Crippen molar-refractivity contribution in [1.82, 2.24) is 25.0 Å². The van der Waals surface area contributed by atoms with Crippen molar-refractivity contribution in [2.24, 2.45) is 7.05 Å². The highest BCUT2D eigenvalue weighted by atomic mass is 16.3. The lowest BCUT2D eigenvalue weighted by Crippen LogP contribution is -2.40. The third kappa shape index (κ3) is 3.62. The first kappa shape index (κ1) is 19.3. The standard InChI is InChI=1S/C23H29N5O2/c1-15-21-17(13-18(16-8-9-16)25-22(21)27(2)26-15)23(29)24-14-19(20-7-6-12-30-20)28-10-4-3-5-11-28/h6-7,12-13,16,19H,3-5,8-11,14H2,1-2H3,(H,24,29). The molecular formula is C23H29N5O2. The summed E-state index contributed by atoms with van der Waals surface area (Å²) in [6.45, 7) is 4.54. The van der Waals surface area contributed by atoms with E-state index in [1.807, 2.05) is 32.2 Å². The van der Waals surface area contributed by atoms with Crippen molar-refractivity contribution in [2.45, 2.75) is 51.0 Å². The number of fused-ring (bicyclic) bond motifs is 1. The SMILES string of the molecule is Cc1nn(C)c2nc(C3CC3)cc(C(=O)NCC(c3ccco3)N3CCCCC3)c12. The van der Waals surface area contributed by atoms with E-state index in [0.717, 1.165) is 54.1 Å². The summed E-state index contributed by atoms with van der Waals surface area (Å²) in [5.41, 5.74) is 3.32. The van der Waals surface area contributed by atoms with Gasteiger partial charge in [0.2, 0.25) is 0 Å². The van der Waals surface area contributed by atoms with Gasteiger partial charge in [0.25, 0.3) is 5.91 Å². The number of nitrogens with zero attached hydrogens (tertiary/aromatic N) is 4. The smallest absolute Gasteiger partial charge is 0.252 e. The number of hydrogen-bond donors (Lipinski definition) is 1. The van der Waals surface area contributed by atoms with Crippen LogP contribution in [0.15, 0.2) is 28.9 Å². The van der Waals surface area contributed by atoms with E-state index in [9.17, 15) is 4.79 Å². The monoisotopic (exact) mass is 407 g/mol. The van der Waals surface area contributed by atoms with Crippen molar-refractivity contribution in [3.8, 4) is 0 Å². The molecule has 1 aliphatic heterocycles. The Morgan fingerprint density at radius 2 is 2.10 bits per heavy atom. The second kappa shape index (κ2) is 7.87. The molecule has 1 saturated carbocycles. The maximum atomic E-state index is 13.3. The Bertz CT molecular complexity index is 1050. The van der Waals surface area contributed by atoms with Gasteiger partial charge in [-0.25, -0.2) is 4.98 Å². The van der Waals surface area contributed by atoms with Crippen LogP contribution in [0, 0.1) is 6.92 Å². The summed E-state index contributed by atoms with van der Waals surface area (Å²) in [4.78, 5) is 20.6. The molecule has 3 aromatic rings. The molecule has 1 atom stereocenters. The van der Waals surface area contributed by atoms with E-state index in [0.29, 0.717) is 18.0 Å². The summed E-state index contributed by atoms with van der Waals surface area (Å²) in [7, 11) is 1.89. The maximum Gasteiger partial charge on any atom is 0.252 e. The number of aryl methyl sites for hydroxylation is 2. The van der Waals surface area contributed by atoms with Crippen LogP contribution in [0.1, 0.15) is 71.6 Å². The van der Waals surface area contributed by atoms with E-state index in [-0.39, 0.29) is 11.9 Å². The van der Waals surface area contributed by atoms with Crippen LogP contribution in [0.2, 0.25) is 0 Å². The van der Waals surface area contributed by atoms with Gasteiger partial charge < -0.3 is 9.73 Å². The number of aromatic nitrogens is 3. The molecule has 1 N–H and O–H groups in total. The second-order valence-corrected chi connectivity index (χ2v) is 8.61. The Morgan fingerprint density at radius 3 is 2.80 bits per heavy atom. The Labute approximate surface area is 176 Å². The van der Waals surface area contributed by atoms with Gasteiger partial charge in [0.05, 0.1) is 28.9 Å². The average molecular weight is 408 g/mol. The highest BCUT2D eigenvalue weighted by Gasteiger charge is 2.29. The Balaban J connectivity index is 1.42. The van der Waals surface area contributed by atoms with E-state index in [2.05, 4.69) is 15.3 Å². The zero-order valence-corrected chi connectivity index (χ0v) is 17.7. The first-order chi connectivity index (χ1) is 14.6. The molecule has 0 aromatic carbocycles. The fourth-order valence-electron chi connectivity index (χ4n) is 4.64. The van der Waals surface area contributed by atoms with Crippen LogP contribution < -0.4 is 5.32 Å². The number of pyridine rings is 1.